The lowest BCUT2D eigenvalue weighted by atomic mass is 9.97. The van der Waals surface area contributed by atoms with Gasteiger partial charge in [0.2, 0.25) is 0 Å². The molecule has 1 amide bonds. The van der Waals surface area contributed by atoms with E-state index < -0.39 is 0 Å². The van der Waals surface area contributed by atoms with E-state index in [1.807, 2.05) is 38.5 Å². The van der Waals surface area contributed by atoms with Crippen LogP contribution in [-0.4, -0.2) is 80.4 Å². The largest absolute Gasteiger partial charge is 0.370 e. The molecule has 1 N–H and O–H groups in total. The highest BCUT2D eigenvalue weighted by Crippen LogP contribution is 2.28. The molecular formula is C31H41N7O. The molecule has 1 aliphatic rings. The van der Waals surface area contributed by atoms with Crippen LogP contribution in [0.3, 0.4) is 0 Å². The Labute approximate surface area is 232 Å². The van der Waals surface area contributed by atoms with Crippen molar-refractivity contribution in [2.45, 2.75) is 33.1 Å². The average molecular weight is 528 g/mol. The molecule has 3 heterocycles. The molecule has 1 aliphatic heterocycles. The van der Waals surface area contributed by atoms with Gasteiger partial charge in [0, 0.05) is 57.1 Å². The number of amides is 1. The average Bonchev–Trinajstić information content (AvgIpc) is 3.48. The quantitative estimate of drug-likeness (QED) is 0.358. The number of nitrogens with zero attached hydrogens (tertiary/aromatic N) is 6. The summed E-state index contributed by atoms with van der Waals surface area (Å²) >= 11 is 0. The summed E-state index contributed by atoms with van der Waals surface area (Å²) in [5.74, 6) is 0.631. The summed E-state index contributed by atoms with van der Waals surface area (Å²) in [5, 5.41) is 3.02. The Bertz CT molecular complexity index is 1280. The predicted octanol–water partition coefficient (Wildman–Crippen LogP) is 4.89. The lowest BCUT2D eigenvalue weighted by Gasteiger charge is -2.20. The van der Waals surface area contributed by atoms with Gasteiger partial charge in [-0.15, -0.1) is 0 Å². The number of likely N-dealkylation sites (N-methyl/N-ethyl adjacent to an activating group) is 2. The Morgan fingerprint density at radius 2 is 1.79 bits per heavy atom. The van der Waals surface area contributed by atoms with Crippen molar-refractivity contribution >= 4 is 28.8 Å². The molecular weight excluding hydrogens is 486 g/mol. The van der Waals surface area contributed by atoms with Gasteiger partial charge >= 0.3 is 0 Å². The highest BCUT2D eigenvalue weighted by molar-refractivity contribution is 6.49. The fourth-order valence-electron chi connectivity index (χ4n) is 4.63. The molecule has 3 aromatic rings. The van der Waals surface area contributed by atoms with Crippen molar-refractivity contribution in [2.24, 2.45) is 4.99 Å². The topological polar surface area (TPSA) is 77.0 Å². The second kappa shape index (κ2) is 13.3. The van der Waals surface area contributed by atoms with E-state index in [9.17, 15) is 4.79 Å². The molecule has 1 fully saturated rings. The lowest BCUT2D eigenvalue weighted by molar-refractivity contribution is -0.110. The second-order valence-corrected chi connectivity index (χ2v) is 10.5. The van der Waals surface area contributed by atoms with Gasteiger partial charge in [-0.2, -0.15) is 0 Å². The molecule has 0 bridgehead atoms. The third kappa shape index (κ3) is 7.41. The van der Waals surface area contributed by atoms with Gasteiger partial charge in [0.25, 0.3) is 5.91 Å². The van der Waals surface area contributed by atoms with Gasteiger partial charge in [-0.25, -0.2) is 4.98 Å². The fourth-order valence-corrected chi connectivity index (χ4v) is 4.63. The molecule has 2 aromatic heterocycles. The van der Waals surface area contributed by atoms with Gasteiger partial charge in [0.15, 0.2) is 0 Å². The van der Waals surface area contributed by atoms with Crippen molar-refractivity contribution in [3.05, 3.63) is 66.1 Å². The first kappa shape index (κ1) is 28.2. The highest BCUT2D eigenvalue weighted by atomic mass is 16.1. The third-order valence-corrected chi connectivity index (χ3v) is 7.01. The van der Waals surface area contributed by atoms with E-state index in [2.05, 4.69) is 75.3 Å². The van der Waals surface area contributed by atoms with Gasteiger partial charge in [-0.3, -0.25) is 14.8 Å². The number of rotatable bonds is 11. The zero-order valence-corrected chi connectivity index (χ0v) is 23.9. The maximum Gasteiger partial charge on any atom is 0.274 e. The molecule has 8 heteroatoms. The Morgan fingerprint density at radius 1 is 1.00 bits per heavy atom. The molecule has 39 heavy (non-hydrogen) atoms. The Balaban J connectivity index is 1.56. The third-order valence-electron chi connectivity index (χ3n) is 7.01. The number of anilines is 3. The Morgan fingerprint density at radius 3 is 2.49 bits per heavy atom. The zero-order valence-electron chi connectivity index (χ0n) is 23.9. The van der Waals surface area contributed by atoms with Crippen molar-refractivity contribution in [2.75, 3.05) is 69.0 Å². The van der Waals surface area contributed by atoms with Crippen LogP contribution in [0.2, 0.25) is 0 Å². The number of hydrogen-bond donors (Lipinski definition) is 1. The Kier molecular flexibility index (Phi) is 9.65. The van der Waals surface area contributed by atoms with Gasteiger partial charge in [-0.1, -0.05) is 19.1 Å². The van der Waals surface area contributed by atoms with Gasteiger partial charge in [-0.05, 0) is 75.7 Å². The van der Waals surface area contributed by atoms with Gasteiger partial charge in [0.1, 0.15) is 11.5 Å². The molecule has 0 atom stereocenters. The van der Waals surface area contributed by atoms with E-state index in [0.29, 0.717) is 17.9 Å². The molecule has 0 aliphatic carbocycles. The van der Waals surface area contributed by atoms with Crippen LogP contribution < -0.4 is 15.1 Å². The first-order valence-corrected chi connectivity index (χ1v) is 13.8. The SMILES string of the molecule is CCCN=C(C(=O)Nc1ccc(N(C)CCN(C)C)nc1)c1cc(-c2cncc(N3CCCC3)c2)ccc1C. The van der Waals surface area contributed by atoms with Crippen molar-refractivity contribution in [1.29, 1.82) is 0 Å². The summed E-state index contributed by atoms with van der Waals surface area (Å²) in [6.07, 6.45) is 8.82. The summed E-state index contributed by atoms with van der Waals surface area (Å²) < 4.78 is 0. The van der Waals surface area contributed by atoms with Crippen LogP contribution in [0.4, 0.5) is 17.2 Å². The van der Waals surface area contributed by atoms with E-state index in [-0.39, 0.29) is 5.91 Å². The summed E-state index contributed by atoms with van der Waals surface area (Å²) in [6.45, 7) is 8.60. The molecule has 0 spiro atoms. The molecule has 1 aromatic carbocycles. The van der Waals surface area contributed by atoms with Crippen LogP contribution in [0.1, 0.15) is 37.3 Å². The standard InChI is InChI=1S/C31H41N7O/c1-6-13-33-30(31(39)35-26-11-12-29(34-21-26)37(5)17-16-36(3)4)28-19-24(10-9-23(28)2)25-18-27(22-32-20-25)38-14-7-8-15-38/h9-12,18-22H,6-8,13-17H2,1-5H3,(H,35,39). The molecule has 0 unspecified atom stereocenters. The van der Waals surface area contributed by atoms with Crippen LogP contribution in [0.5, 0.6) is 0 Å². The number of aryl methyl sites for hydroxylation is 1. The van der Waals surface area contributed by atoms with Crippen LogP contribution >= 0.6 is 0 Å². The van der Waals surface area contributed by atoms with Crippen molar-refractivity contribution in [3.63, 3.8) is 0 Å². The molecule has 8 nitrogen and oxygen atoms in total. The number of benzene rings is 1. The first-order chi connectivity index (χ1) is 18.9. The van der Waals surface area contributed by atoms with Crippen molar-refractivity contribution in [1.82, 2.24) is 14.9 Å². The maximum absolute atomic E-state index is 13.5. The summed E-state index contributed by atoms with van der Waals surface area (Å²) in [6, 6.07) is 12.2. The number of aliphatic imine (C=N–C) groups is 1. The van der Waals surface area contributed by atoms with Crippen LogP contribution in [0.15, 0.2) is 60.0 Å². The number of carbonyl (C=O) groups excluding carboxylic acids is 1. The van der Waals surface area contributed by atoms with E-state index in [1.165, 1.54) is 12.8 Å². The lowest BCUT2D eigenvalue weighted by Crippen LogP contribution is -2.29. The number of pyridine rings is 2. The molecule has 206 valence electrons. The fraction of sp³-hybridized carbons (Fsp3) is 0.419. The normalized spacial score (nSPS) is 13.7. The number of nitrogens with one attached hydrogen (secondary N) is 1. The summed E-state index contributed by atoms with van der Waals surface area (Å²) in [4.78, 5) is 34.0. The highest BCUT2D eigenvalue weighted by Gasteiger charge is 2.19. The van der Waals surface area contributed by atoms with E-state index in [4.69, 9.17) is 4.99 Å². The summed E-state index contributed by atoms with van der Waals surface area (Å²) in [5.41, 5.74) is 6.12. The molecule has 0 saturated carbocycles. The minimum atomic E-state index is -0.233. The van der Waals surface area contributed by atoms with Crippen molar-refractivity contribution in [3.8, 4) is 11.1 Å². The monoisotopic (exact) mass is 527 g/mol. The van der Waals surface area contributed by atoms with Gasteiger partial charge in [0.05, 0.1) is 23.8 Å². The molecule has 0 radical (unpaired) electrons. The molecule has 1 saturated heterocycles. The maximum atomic E-state index is 13.5. The van der Waals surface area contributed by atoms with E-state index in [1.54, 1.807) is 6.20 Å². The minimum absolute atomic E-state index is 0.233. The number of aromatic nitrogens is 2. The summed E-state index contributed by atoms with van der Waals surface area (Å²) in [7, 11) is 6.13. The van der Waals surface area contributed by atoms with Crippen LogP contribution in [-0.2, 0) is 4.79 Å². The first-order valence-electron chi connectivity index (χ1n) is 13.8. The van der Waals surface area contributed by atoms with Crippen LogP contribution in [0.25, 0.3) is 11.1 Å². The van der Waals surface area contributed by atoms with Crippen molar-refractivity contribution < 1.29 is 4.79 Å². The number of carbonyl (C=O) groups is 1. The molecule has 4 rings (SSSR count). The predicted molar refractivity (Wildman–Crippen MR) is 162 cm³/mol. The minimum Gasteiger partial charge on any atom is -0.370 e. The van der Waals surface area contributed by atoms with E-state index in [0.717, 1.165) is 66.4 Å². The second-order valence-electron chi connectivity index (χ2n) is 10.5. The number of hydrogen-bond acceptors (Lipinski definition) is 7. The zero-order chi connectivity index (χ0) is 27.8. The Hall–Kier alpha value is -3.78. The van der Waals surface area contributed by atoms with Gasteiger partial charge < -0.3 is 20.0 Å². The smallest absolute Gasteiger partial charge is 0.274 e. The van der Waals surface area contributed by atoms with E-state index >= 15 is 0 Å². The van der Waals surface area contributed by atoms with Crippen LogP contribution in [0, 0.1) is 6.92 Å².